The van der Waals surface area contributed by atoms with E-state index in [2.05, 4.69) is 115 Å². The lowest BCUT2D eigenvalue weighted by Gasteiger charge is -2.16. The van der Waals surface area contributed by atoms with Crippen LogP contribution in [0.3, 0.4) is 0 Å². The third-order valence-corrected chi connectivity index (χ3v) is 5.99. The number of hydrogen-bond donors (Lipinski definition) is 0. The van der Waals surface area contributed by atoms with Gasteiger partial charge in [-0.2, -0.15) is 0 Å². The normalized spacial score (nSPS) is 11.5. The molecule has 5 aromatic carbocycles. The van der Waals surface area contributed by atoms with Crippen LogP contribution in [0.2, 0.25) is 0 Å². The molecule has 2 heteroatoms. The smallest absolute Gasteiger partial charge is 0.146 e. The van der Waals surface area contributed by atoms with Gasteiger partial charge in [0.1, 0.15) is 5.82 Å². The summed E-state index contributed by atoms with van der Waals surface area (Å²) in [6.45, 7) is 2.22. The minimum atomic E-state index is 0.988. The quantitative estimate of drug-likeness (QED) is 0.286. The van der Waals surface area contributed by atoms with Gasteiger partial charge in [-0.15, -0.1) is 0 Å². The molecule has 0 spiro atoms. The summed E-state index contributed by atoms with van der Waals surface area (Å²) < 4.78 is 2.29. The van der Waals surface area contributed by atoms with Crippen molar-refractivity contribution in [3.05, 3.63) is 109 Å². The number of imidazole rings is 1. The first-order chi connectivity index (χ1) is 14.8. The summed E-state index contributed by atoms with van der Waals surface area (Å²) in [5.74, 6) is 0.988. The van der Waals surface area contributed by atoms with Gasteiger partial charge in [0.15, 0.2) is 0 Å². The fraction of sp³-hybridized carbons (Fsp3) is 0.0357. The van der Waals surface area contributed by atoms with E-state index in [1.165, 1.54) is 32.7 Å². The molecule has 0 saturated carbocycles. The van der Waals surface area contributed by atoms with Gasteiger partial charge in [-0.1, -0.05) is 78.9 Å². The number of fused-ring (bicyclic) bond motifs is 4. The molecule has 6 aromatic rings. The molecular formula is C28H20N2. The van der Waals surface area contributed by atoms with Crippen molar-refractivity contribution >= 4 is 32.6 Å². The van der Waals surface area contributed by atoms with Crippen molar-refractivity contribution in [2.45, 2.75) is 6.92 Å². The predicted octanol–water partition coefficient (Wildman–Crippen LogP) is 7.31. The Bertz CT molecular complexity index is 1540. The summed E-state index contributed by atoms with van der Waals surface area (Å²) in [6.07, 6.45) is 0. The summed E-state index contributed by atoms with van der Waals surface area (Å²) in [5, 5.41) is 5.07. The van der Waals surface area contributed by atoms with E-state index in [0.717, 1.165) is 22.5 Å². The largest absolute Gasteiger partial charge is 0.292 e. The van der Waals surface area contributed by atoms with Crippen molar-refractivity contribution in [1.82, 2.24) is 9.55 Å². The number of aryl methyl sites for hydroxylation is 1. The molecule has 0 atom stereocenters. The third-order valence-electron chi connectivity index (χ3n) is 5.99. The Hall–Kier alpha value is -3.91. The molecule has 0 aliphatic carbocycles. The van der Waals surface area contributed by atoms with E-state index in [1.807, 2.05) is 0 Å². The van der Waals surface area contributed by atoms with Crippen LogP contribution in [-0.4, -0.2) is 9.55 Å². The molecule has 2 nitrogen and oxygen atoms in total. The van der Waals surface area contributed by atoms with Crippen molar-refractivity contribution in [3.63, 3.8) is 0 Å². The van der Waals surface area contributed by atoms with Crippen LogP contribution < -0.4 is 0 Å². The average Bonchev–Trinajstić information content (AvgIpc) is 3.19. The molecule has 0 unspecified atom stereocenters. The van der Waals surface area contributed by atoms with Crippen LogP contribution in [0.15, 0.2) is 103 Å². The topological polar surface area (TPSA) is 17.8 Å². The molecule has 0 radical (unpaired) electrons. The van der Waals surface area contributed by atoms with E-state index in [-0.39, 0.29) is 0 Å². The minimum absolute atomic E-state index is 0.988. The van der Waals surface area contributed by atoms with Crippen LogP contribution in [0.1, 0.15) is 5.56 Å². The van der Waals surface area contributed by atoms with E-state index < -0.39 is 0 Å². The summed E-state index contributed by atoms with van der Waals surface area (Å²) in [4.78, 5) is 5.14. The van der Waals surface area contributed by atoms with Gasteiger partial charge < -0.3 is 0 Å². The third kappa shape index (κ3) is 2.40. The molecule has 0 aliphatic heterocycles. The predicted molar refractivity (Wildman–Crippen MR) is 126 cm³/mol. The number of hydrogen-bond acceptors (Lipinski definition) is 1. The van der Waals surface area contributed by atoms with E-state index in [4.69, 9.17) is 4.98 Å². The molecule has 6 rings (SSSR count). The van der Waals surface area contributed by atoms with Gasteiger partial charge in [0, 0.05) is 11.3 Å². The van der Waals surface area contributed by atoms with Crippen molar-refractivity contribution < 1.29 is 0 Å². The first kappa shape index (κ1) is 17.0. The minimum Gasteiger partial charge on any atom is -0.292 e. The maximum Gasteiger partial charge on any atom is 0.146 e. The van der Waals surface area contributed by atoms with Crippen LogP contribution in [0, 0.1) is 6.92 Å². The van der Waals surface area contributed by atoms with Gasteiger partial charge in [-0.3, -0.25) is 4.57 Å². The van der Waals surface area contributed by atoms with Crippen LogP contribution in [0.25, 0.3) is 49.7 Å². The molecule has 0 saturated heterocycles. The first-order valence-corrected chi connectivity index (χ1v) is 10.3. The second kappa shape index (κ2) is 6.57. The molecule has 0 bridgehead atoms. The molecule has 30 heavy (non-hydrogen) atoms. The SMILES string of the molecule is Cc1c(-c2nc3ccccc3n2-c2ccccc2)c2ccccc2c2ccccc12. The Morgan fingerprint density at radius 1 is 0.567 bits per heavy atom. The van der Waals surface area contributed by atoms with Crippen LogP contribution in [-0.2, 0) is 0 Å². The van der Waals surface area contributed by atoms with Crippen molar-refractivity contribution in [2.24, 2.45) is 0 Å². The molecule has 0 amide bonds. The summed E-state index contributed by atoms with van der Waals surface area (Å²) in [6, 6.07) is 36.3. The Labute approximate surface area is 175 Å². The zero-order chi connectivity index (χ0) is 20.1. The van der Waals surface area contributed by atoms with Crippen molar-refractivity contribution in [2.75, 3.05) is 0 Å². The van der Waals surface area contributed by atoms with Gasteiger partial charge in [0.05, 0.1) is 11.0 Å². The Balaban J connectivity index is 1.83. The summed E-state index contributed by atoms with van der Waals surface area (Å²) in [5.41, 5.74) is 5.71. The fourth-order valence-electron chi connectivity index (χ4n) is 4.64. The maximum atomic E-state index is 5.14. The van der Waals surface area contributed by atoms with Gasteiger partial charge >= 0.3 is 0 Å². The highest BCUT2D eigenvalue weighted by molar-refractivity contribution is 6.15. The highest BCUT2D eigenvalue weighted by Gasteiger charge is 2.20. The Kier molecular flexibility index (Phi) is 3.72. The van der Waals surface area contributed by atoms with E-state index in [0.29, 0.717) is 0 Å². The van der Waals surface area contributed by atoms with Gasteiger partial charge in [-0.25, -0.2) is 4.98 Å². The molecule has 0 aliphatic rings. The number of nitrogens with zero attached hydrogens (tertiary/aromatic N) is 2. The molecular weight excluding hydrogens is 364 g/mol. The van der Waals surface area contributed by atoms with E-state index in [9.17, 15) is 0 Å². The van der Waals surface area contributed by atoms with Gasteiger partial charge in [-0.05, 0) is 58.3 Å². The number of rotatable bonds is 2. The molecule has 0 N–H and O–H groups in total. The molecule has 1 aromatic heterocycles. The standard InChI is InChI=1S/C28H20N2/c1-19-21-13-5-6-14-22(21)23-15-7-8-16-24(23)27(19)28-29-25-17-9-10-18-26(25)30(28)20-11-3-2-4-12-20/h2-18H,1H3. The van der Waals surface area contributed by atoms with Crippen molar-refractivity contribution in [1.29, 1.82) is 0 Å². The second-order valence-corrected chi connectivity index (χ2v) is 7.69. The Morgan fingerprint density at radius 2 is 1.13 bits per heavy atom. The summed E-state index contributed by atoms with van der Waals surface area (Å²) in [7, 11) is 0. The Morgan fingerprint density at radius 3 is 1.90 bits per heavy atom. The van der Waals surface area contributed by atoms with Crippen LogP contribution in [0.4, 0.5) is 0 Å². The van der Waals surface area contributed by atoms with E-state index >= 15 is 0 Å². The zero-order valence-electron chi connectivity index (χ0n) is 16.7. The molecule has 0 fully saturated rings. The highest BCUT2D eigenvalue weighted by atomic mass is 15.1. The lowest BCUT2D eigenvalue weighted by Crippen LogP contribution is -2.00. The maximum absolute atomic E-state index is 5.14. The molecule has 142 valence electrons. The van der Waals surface area contributed by atoms with Crippen LogP contribution >= 0.6 is 0 Å². The summed E-state index contributed by atoms with van der Waals surface area (Å²) >= 11 is 0. The number of aromatic nitrogens is 2. The fourth-order valence-corrected chi connectivity index (χ4v) is 4.64. The zero-order valence-corrected chi connectivity index (χ0v) is 16.7. The average molecular weight is 384 g/mol. The van der Waals surface area contributed by atoms with E-state index in [1.54, 1.807) is 0 Å². The monoisotopic (exact) mass is 384 g/mol. The number of para-hydroxylation sites is 3. The van der Waals surface area contributed by atoms with Gasteiger partial charge in [0.25, 0.3) is 0 Å². The van der Waals surface area contributed by atoms with Crippen molar-refractivity contribution in [3.8, 4) is 17.1 Å². The second-order valence-electron chi connectivity index (χ2n) is 7.69. The van der Waals surface area contributed by atoms with Gasteiger partial charge in [0.2, 0.25) is 0 Å². The lowest BCUT2D eigenvalue weighted by atomic mass is 9.92. The highest BCUT2D eigenvalue weighted by Crippen LogP contribution is 2.40. The lowest BCUT2D eigenvalue weighted by molar-refractivity contribution is 1.10. The van der Waals surface area contributed by atoms with Crippen LogP contribution in [0.5, 0.6) is 0 Å². The first-order valence-electron chi connectivity index (χ1n) is 10.3. The number of benzene rings is 5. The molecule has 1 heterocycles.